The summed E-state index contributed by atoms with van der Waals surface area (Å²) >= 11 is 3.38. The molecule has 0 radical (unpaired) electrons. The Balaban J connectivity index is 1.76. The zero-order chi connectivity index (χ0) is 25.7. The molecule has 1 N–H and O–H groups in total. The van der Waals surface area contributed by atoms with Crippen molar-refractivity contribution in [1.82, 2.24) is 9.80 Å². The molecule has 0 aromatic heterocycles. The summed E-state index contributed by atoms with van der Waals surface area (Å²) in [7, 11) is 1.52. The van der Waals surface area contributed by atoms with E-state index < -0.39 is 17.7 Å². The third-order valence-electron chi connectivity index (χ3n) is 6.28. The predicted molar refractivity (Wildman–Crippen MR) is 139 cm³/mol. The maximum Gasteiger partial charge on any atom is 0.295 e. The maximum absolute atomic E-state index is 13.3. The van der Waals surface area contributed by atoms with Gasteiger partial charge in [-0.05, 0) is 29.8 Å². The summed E-state index contributed by atoms with van der Waals surface area (Å²) in [6.45, 7) is 7.67. The summed E-state index contributed by atoms with van der Waals surface area (Å²) in [5.74, 6) is -0.604. The quantitative estimate of drug-likeness (QED) is 0.217. The van der Waals surface area contributed by atoms with Crippen LogP contribution in [0.5, 0.6) is 11.5 Å². The molecule has 4 rings (SSSR count). The first kappa shape index (κ1) is 25.9. The van der Waals surface area contributed by atoms with E-state index in [0.717, 1.165) is 17.6 Å². The van der Waals surface area contributed by atoms with Crippen molar-refractivity contribution in [2.75, 3.05) is 53.1 Å². The van der Waals surface area contributed by atoms with E-state index in [-0.39, 0.29) is 11.3 Å². The number of rotatable bonds is 9. The average molecular weight is 557 g/mol. The van der Waals surface area contributed by atoms with Gasteiger partial charge < -0.3 is 24.2 Å². The van der Waals surface area contributed by atoms with Crippen molar-refractivity contribution in [3.63, 3.8) is 0 Å². The van der Waals surface area contributed by atoms with Crippen LogP contribution in [-0.4, -0.2) is 79.7 Å². The Labute approximate surface area is 218 Å². The normalized spacial score (nSPS) is 19.9. The highest BCUT2D eigenvalue weighted by Crippen LogP contribution is 2.42. The maximum atomic E-state index is 13.3. The van der Waals surface area contributed by atoms with Crippen molar-refractivity contribution in [2.24, 2.45) is 0 Å². The predicted octanol–water partition coefficient (Wildman–Crippen LogP) is 3.78. The number of likely N-dealkylation sites (tertiary alicyclic amines) is 1. The van der Waals surface area contributed by atoms with Crippen LogP contribution in [0.4, 0.5) is 0 Å². The van der Waals surface area contributed by atoms with Crippen molar-refractivity contribution >= 4 is 33.4 Å². The van der Waals surface area contributed by atoms with E-state index in [2.05, 4.69) is 27.4 Å². The number of hydrogen-bond acceptors (Lipinski definition) is 7. The fraction of sp³-hybridized carbons (Fsp3) is 0.333. The van der Waals surface area contributed by atoms with Gasteiger partial charge in [-0.2, -0.15) is 0 Å². The first-order valence-corrected chi connectivity index (χ1v) is 12.5. The molecule has 0 saturated carbocycles. The Kier molecular flexibility index (Phi) is 8.45. The monoisotopic (exact) mass is 556 g/mol. The van der Waals surface area contributed by atoms with Crippen molar-refractivity contribution in [3.8, 4) is 11.5 Å². The molecule has 2 heterocycles. The van der Waals surface area contributed by atoms with Crippen molar-refractivity contribution < 1.29 is 28.9 Å². The lowest BCUT2D eigenvalue weighted by atomic mass is 9.95. The molecule has 2 saturated heterocycles. The summed E-state index contributed by atoms with van der Waals surface area (Å²) in [6.07, 6.45) is 1.63. The van der Waals surface area contributed by atoms with Gasteiger partial charge in [0.25, 0.3) is 11.7 Å². The molecule has 2 aromatic rings. The third kappa shape index (κ3) is 5.48. The van der Waals surface area contributed by atoms with Gasteiger partial charge in [0.15, 0.2) is 11.5 Å². The van der Waals surface area contributed by atoms with Crippen LogP contribution in [0.2, 0.25) is 0 Å². The number of methoxy groups -OCH3 is 1. The summed E-state index contributed by atoms with van der Waals surface area (Å²) in [4.78, 5) is 30.2. The summed E-state index contributed by atoms with van der Waals surface area (Å²) < 4.78 is 17.5. The van der Waals surface area contributed by atoms with Crippen LogP contribution in [0.1, 0.15) is 17.2 Å². The molecule has 2 aromatic carbocycles. The number of carbonyl (C=O) groups is 2. The highest BCUT2D eigenvalue weighted by molar-refractivity contribution is 9.10. The number of ether oxygens (including phenoxy) is 3. The molecular weight excluding hydrogens is 528 g/mol. The highest BCUT2D eigenvalue weighted by Gasteiger charge is 2.46. The van der Waals surface area contributed by atoms with Crippen LogP contribution in [0.15, 0.2) is 65.2 Å². The first-order chi connectivity index (χ1) is 17.4. The van der Waals surface area contributed by atoms with E-state index in [1.807, 2.05) is 0 Å². The molecule has 2 aliphatic rings. The standard InChI is InChI=1S/C27H29BrN2O6/c1-3-14-36-21-9-6-19(17-22(21)34-2)24-23(25(31)18-4-7-20(28)8-5-18)26(32)27(33)30(24)11-10-29-12-15-35-16-13-29/h3-9,17,24,31H,1,10-16H2,2H3/b25-23+. The molecule has 2 fully saturated rings. The molecule has 8 nitrogen and oxygen atoms in total. The zero-order valence-corrected chi connectivity index (χ0v) is 21.7. The second kappa shape index (κ2) is 11.7. The lowest BCUT2D eigenvalue weighted by Gasteiger charge is -2.31. The number of morpholine rings is 1. The molecule has 0 aliphatic carbocycles. The van der Waals surface area contributed by atoms with Gasteiger partial charge in [-0.1, -0.05) is 46.8 Å². The van der Waals surface area contributed by atoms with Gasteiger partial charge in [0.05, 0.1) is 31.9 Å². The van der Waals surface area contributed by atoms with Gasteiger partial charge in [-0.25, -0.2) is 0 Å². The Morgan fingerprint density at radius 1 is 1.14 bits per heavy atom. The fourth-order valence-electron chi connectivity index (χ4n) is 4.42. The number of Topliss-reactive ketones (excluding diaryl/α,β-unsaturated/α-hetero) is 1. The molecule has 1 atom stereocenters. The number of amides is 1. The average Bonchev–Trinajstić information content (AvgIpc) is 3.16. The number of hydrogen-bond donors (Lipinski definition) is 1. The zero-order valence-electron chi connectivity index (χ0n) is 20.1. The Morgan fingerprint density at radius 2 is 1.86 bits per heavy atom. The number of nitrogens with zero attached hydrogens (tertiary/aromatic N) is 2. The van der Waals surface area contributed by atoms with Gasteiger partial charge in [-0.3, -0.25) is 14.5 Å². The van der Waals surface area contributed by atoms with Gasteiger partial charge in [-0.15, -0.1) is 0 Å². The molecule has 1 unspecified atom stereocenters. The second-order valence-electron chi connectivity index (χ2n) is 8.46. The van der Waals surface area contributed by atoms with Crippen molar-refractivity contribution in [1.29, 1.82) is 0 Å². The van der Waals surface area contributed by atoms with E-state index in [9.17, 15) is 14.7 Å². The molecule has 9 heteroatoms. The van der Waals surface area contributed by atoms with Gasteiger partial charge in [0.2, 0.25) is 0 Å². The minimum absolute atomic E-state index is 0.0473. The molecule has 190 valence electrons. The third-order valence-corrected chi connectivity index (χ3v) is 6.81. The van der Waals surface area contributed by atoms with Crippen LogP contribution in [0.25, 0.3) is 5.76 Å². The topological polar surface area (TPSA) is 88.5 Å². The van der Waals surface area contributed by atoms with Crippen molar-refractivity contribution in [2.45, 2.75) is 6.04 Å². The van der Waals surface area contributed by atoms with Crippen molar-refractivity contribution in [3.05, 3.63) is 76.3 Å². The van der Waals surface area contributed by atoms with E-state index in [0.29, 0.717) is 55.5 Å². The molecular formula is C27H29BrN2O6. The molecule has 0 spiro atoms. The number of aliphatic hydroxyl groups excluding tert-OH is 1. The SMILES string of the molecule is C=CCOc1ccc(C2/C(=C(\O)c3ccc(Br)cc3)C(=O)C(=O)N2CCN2CCOCC2)cc1OC. The van der Waals surface area contributed by atoms with E-state index >= 15 is 0 Å². The van der Waals surface area contributed by atoms with Crippen LogP contribution in [0, 0.1) is 0 Å². The first-order valence-electron chi connectivity index (χ1n) is 11.7. The number of halogens is 1. The smallest absolute Gasteiger partial charge is 0.295 e. The summed E-state index contributed by atoms with van der Waals surface area (Å²) in [5.41, 5.74) is 1.14. The summed E-state index contributed by atoms with van der Waals surface area (Å²) in [6, 6.07) is 11.4. The van der Waals surface area contributed by atoms with Crippen LogP contribution in [-0.2, 0) is 14.3 Å². The van der Waals surface area contributed by atoms with E-state index in [1.54, 1.807) is 48.5 Å². The summed E-state index contributed by atoms with van der Waals surface area (Å²) in [5, 5.41) is 11.2. The Morgan fingerprint density at radius 3 is 2.53 bits per heavy atom. The molecule has 1 amide bonds. The fourth-order valence-corrected chi connectivity index (χ4v) is 4.68. The molecule has 2 aliphatic heterocycles. The molecule has 0 bridgehead atoms. The highest BCUT2D eigenvalue weighted by atomic mass is 79.9. The van der Waals surface area contributed by atoms with Gasteiger partial charge in [0, 0.05) is 36.2 Å². The Hall–Kier alpha value is -3.14. The Bertz CT molecular complexity index is 1160. The largest absolute Gasteiger partial charge is 0.507 e. The van der Waals surface area contributed by atoms with Crippen LogP contribution in [0.3, 0.4) is 0 Å². The number of aliphatic hydroxyl groups is 1. The number of carbonyl (C=O) groups excluding carboxylic acids is 2. The van der Waals surface area contributed by atoms with E-state index in [4.69, 9.17) is 14.2 Å². The van der Waals surface area contributed by atoms with E-state index in [1.165, 1.54) is 12.0 Å². The van der Waals surface area contributed by atoms with Crippen LogP contribution >= 0.6 is 15.9 Å². The lowest BCUT2D eigenvalue weighted by molar-refractivity contribution is -0.140. The minimum atomic E-state index is -0.781. The minimum Gasteiger partial charge on any atom is -0.507 e. The van der Waals surface area contributed by atoms with Gasteiger partial charge in [0.1, 0.15) is 12.4 Å². The van der Waals surface area contributed by atoms with Crippen LogP contribution < -0.4 is 9.47 Å². The number of benzene rings is 2. The van der Waals surface area contributed by atoms with Gasteiger partial charge >= 0.3 is 0 Å². The lowest BCUT2D eigenvalue weighted by Crippen LogP contribution is -2.42. The second-order valence-corrected chi connectivity index (χ2v) is 9.38. The molecule has 36 heavy (non-hydrogen) atoms. The number of ketones is 1.